The predicted octanol–water partition coefficient (Wildman–Crippen LogP) is 8.36. The first kappa shape index (κ1) is 23.6. The highest BCUT2D eigenvalue weighted by atomic mass is 16.3. The maximum absolute atomic E-state index is 6.14. The molecule has 0 unspecified atom stereocenters. The molecule has 202 valence electrons. The Kier molecular flexibility index (Phi) is 5.06. The fourth-order valence-corrected chi connectivity index (χ4v) is 5.83. The van der Waals surface area contributed by atoms with Gasteiger partial charge in [-0.15, -0.1) is 0 Å². The molecule has 43 heavy (non-hydrogen) atoms. The molecule has 0 radical (unpaired) electrons. The van der Waals surface area contributed by atoms with E-state index in [-0.39, 0.29) is 0 Å². The number of nitrogens with zero attached hydrogens (tertiary/aromatic N) is 6. The zero-order valence-corrected chi connectivity index (χ0v) is 22.8. The van der Waals surface area contributed by atoms with Crippen LogP contribution in [0.1, 0.15) is 0 Å². The molecule has 0 bridgehead atoms. The van der Waals surface area contributed by atoms with E-state index in [1.54, 1.807) is 0 Å². The van der Waals surface area contributed by atoms with E-state index in [1.807, 2.05) is 78.9 Å². The number of imidazole rings is 2. The van der Waals surface area contributed by atoms with Crippen LogP contribution in [-0.2, 0) is 0 Å². The average molecular weight is 555 g/mol. The van der Waals surface area contributed by atoms with Crippen molar-refractivity contribution in [3.63, 3.8) is 0 Å². The lowest BCUT2D eigenvalue weighted by atomic mass is 10.1. The first-order valence-corrected chi connectivity index (χ1v) is 14.1. The van der Waals surface area contributed by atoms with Crippen molar-refractivity contribution in [2.75, 3.05) is 0 Å². The van der Waals surface area contributed by atoms with Gasteiger partial charge in [-0.1, -0.05) is 84.9 Å². The highest BCUT2D eigenvalue weighted by Crippen LogP contribution is 2.35. The Morgan fingerprint density at radius 2 is 1.00 bits per heavy atom. The lowest BCUT2D eigenvalue weighted by Crippen LogP contribution is -2.00. The van der Waals surface area contributed by atoms with Gasteiger partial charge in [-0.25, -0.2) is 15.0 Å². The van der Waals surface area contributed by atoms with Gasteiger partial charge in [0.05, 0.1) is 11.0 Å². The predicted molar refractivity (Wildman–Crippen MR) is 169 cm³/mol. The summed E-state index contributed by atoms with van der Waals surface area (Å²) in [5.41, 5.74) is 8.32. The molecule has 7 nitrogen and oxygen atoms in total. The van der Waals surface area contributed by atoms with Gasteiger partial charge in [0.25, 0.3) is 0 Å². The monoisotopic (exact) mass is 554 g/mol. The SMILES string of the molecule is c1ccc(-c2nc(-c3ccccc3)nc(-c3ccc(-n4c5ccccc5n5c6c(nc45)oc4ccccc46)cc3)n2)cc1. The summed E-state index contributed by atoms with van der Waals surface area (Å²) in [6.45, 7) is 0. The number of aromatic nitrogens is 6. The molecular weight excluding hydrogens is 532 g/mol. The second kappa shape index (κ2) is 9.22. The number of furan rings is 1. The molecule has 5 aromatic carbocycles. The van der Waals surface area contributed by atoms with Crippen molar-refractivity contribution in [3.8, 4) is 39.9 Å². The Hall–Kier alpha value is -6.08. The molecule has 4 heterocycles. The standard InChI is InChI=1S/C36H22N6O/c1-3-11-23(12-4-1)32-37-33(24-13-5-2-6-14-24)39-34(38-32)25-19-21-26(22-20-25)41-28-16-8-9-17-29(28)42-31-27-15-7-10-18-30(27)43-35(31)40-36(41)42/h1-22H. The highest BCUT2D eigenvalue weighted by Gasteiger charge is 2.21. The molecule has 4 aromatic heterocycles. The van der Waals surface area contributed by atoms with Crippen LogP contribution in [0.5, 0.6) is 0 Å². The molecule has 0 N–H and O–H groups in total. The number of rotatable bonds is 4. The zero-order chi connectivity index (χ0) is 28.3. The molecule has 7 heteroatoms. The Balaban J connectivity index is 1.21. The Morgan fingerprint density at radius 1 is 0.465 bits per heavy atom. The summed E-state index contributed by atoms with van der Waals surface area (Å²) in [6, 6.07) is 44.7. The van der Waals surface area contributed by atoms with Crippen LogP contribution in [0.3, 0.4) is 0 Å². The molecule has 0 saturated heterocycles. The van der Waals surface area contributed by atoms with Gasteiger partial charge in [-0.2, -0.15) is 4.98 Å². The van der Waals surface area contributed by atoms with E-state index in [2.05, 4.69) is 63.6 Å². The third-order valence-electron chi connectivity index (χ3n) is 7.82. The molecule has 0 aliphatic heterocycles. The lowest BCUT2D eigenvalue weighted by Gasteiger charge is -2.09. The van der Waals surface area contributed by atoms with Crippen molar-refractivity contribution in [3.05, 3.63) is 133 Å². The normalized spacial score (nSPS) is 11.7. The second-order valence-electron chi connectivity index (χ2n) is 10.4. The largest absolute Gasteiger partial charge is 0.436 e. The minimum atomic E-state index is 0.617. The first-order chi connectivity index (χ1) is 21.3. The van der Waals surface area contributed by atoms with Crippen LogP contribution in [0.2, 0.25) is 0 Å². The van der Waals surface area contributed by atoms with Crippen LogP contribution in [0.4, 0.5) is 0 Å². The van der Waals surface area contributed by atoms with Crippen LogP contribution >= 0.6 is 0 Å². The first-order valence-electron chi connectivity index (χ1n) is 14.1. The highest BCUT2D eigenvalue weighted by molar-refractivity contribution is 6.05. The third kappa shape index (κ3) is 3.68. The van der Waals surface area contributed by atoms with Gasteiger partial charge in [0, 0.05) is 27.8 Å². The Bertz CT molecular complexity index is 2380. The van der Waals surface area contributed by atoms with Crippen molar-refractivity contribution in [2.24, 2.45) is 0 Å². The van der Waals surface area contributed by atoms with Gasteiger partial charge in [-0.05, 0) is 48.5 Å². The number of para-hydroxylation sites is 3. The zero-order valence-electron chi connectivity index (χ0n) is 22.8. The summed E-state index contributed by atoms with van der Waals surface area (Å²) in [4.78, 5) is 19.5. The summed E-state index contributed by atoms with van der Waals surface area (Å²) in [5, 5.41) is 1.04. The number of hydrogen-bond acceptors (Lipinski definition) is 5. The van der Waals surface area contributed by atoms with E-state index in [1.165, 1.54) is 0 Å². The van der Waals surface area contributed by atoms with Gasteiger partial charge in [0.2, 0.25) is 11.5 Å². The summed E-state index contributed by atoms with van der Waals surface area (Å²) < 4.78 is 10.5. The fourth-order valence-electron chi connectivity index (χ4n) is 5.83. The van der Waals surface area contributed by atoms with Crippen molar-refractivity contribution in [1.29, 1.82) is 0 Å². The van der Waals surface area contributed by atoms with E-state index in [4.69, 9.17) is 24.4 Å². The van der Waals surface area contributed by atoms with Crippen LogP contribution in [0.25, 0.3) is 78.9 Å². The van der Waals surface area contributed by atoms with Crippen molar-refractivity contribution < 1.29 is 4.42 Å². The molecule has 0 fully saturated rings. The maximum atomic E-state index is 6.14. The van der Waals surface area contributed by atoms with Gasteiger partial charge in [0.15, 0.2) is 17.5 Å². The average Bonchev–Trinajstić information content (AvgIpc) is 3.72. The number of hydrogen-bond donors (Lipinski definition) is 0. The van der Waals surface area contributed by atoms with E-state index in [0.29, 0.717) is 23.2 Å². The van der Waals surface area contributed by atoms with Gasteiger partial charge in [0.1, 0.15) is 11.1 Å². The second-order valence-corrected chi connectivity index (χ2v) is 10.4. The fraction of sp³-hybridized carbons (Fsp3) is 0. The smallest absolute Gasteiger partial charge is 0.248 e. The van der Waals surface area contributed by atoms with Crippen molar-refractivity contribution >= 4 is 39.0 Å². The van der Waals surface area contributed by atoms with Crippen LogP contribution < -0.4 is 0 Å². The topological polar surface area (TPSA) is 74.0 Å². The van der Waals surface area contributed by atoms with Crippen LogP contribution in [-0.4, -0.2) is 28.9 Å². The Labute approximate surface area is 245 Å². The summed E-state index contributed by atoms with van der Waals surface area (Å²) >= 11 is 0. The van der Waals surface area contributed by atoms with Gasteiger partial charge in [-0.3, -0.25) is 8.97 Å². The van der Waals surface area contributed by atoms with Crippen molar-refractivity contribution in [2.45, 2.75) is 0 Å². The molecule has 0 saturated carbocycles. The maximum Gasteiger partial charge on any atom is 0.248 e. The van der Waals surface area contributed by atoms with Crippen molar-refractivity contribution in [1.82, 2.24) is 28.9 Å². The lowest BCUT2D eigenvalue weighted by molar-refractivity contribution is 0.656. The molecule has 0 spiro atoms. The van der Waals surface area contributed by atoms with E-state index in [9.17, 15) is 0 Å². The van der Waals surface area contributed by atoms with E-state index in [0.717, 1.165) is 55.7 Å². The summed E-state index contributed by atoms with van der Waals surface area (Å²) in [5.74, 6) is 2.69. The molecule has 9 rings (SSSR count). The minimum Gasteiger partial charge on any atom is -0.436 e. The number of benzene rings is 5. The Morgan fingerprint density at radius 3 is 1.65 bits per heavy atom. The van der Waals surface area contributed by atoms with E-state index >= 15 is 0 Å². The number of fused-ring (bicyclic) bond motifs is 7. The molecule has 0 aliphatic carbocycles. The van der Waals surface area contributed by atoms with Gasteiger partial charge < -0.3 is 4.42 Å². The van der Waals surface area contributed by atoms with E-state index < -0.39 is 0 Å². The molecule has 0 atom stereocenters. The van der Waals surface area contributed by atoms with Gasteiger partial charge >= 0.3 is 0 Å². The molecule has 9 aromatic rings. The molecule has 0 amide bonds. The molecular formula is C36H22N6O. The summed E-state index contributed by atoms with van der Waals surface area (Å²) in [7, 11) is 0. The van der Waals surface area contributed by atoms with Crippen LogP contribution in [0.15, 0.2) is 138 Å². The third-order valence-corrected chi connectivity index (χ3v) is 7.82. The quantitative estimate of drug-likeness (QED) is 0.219. The van der Waals surface area contributed by atoms with Crippen LogP contribution in [0, 0.1) is 0 Å². The minimum absolute atomic E-state index is 0.617. The summed E-state index contributed by atoms with van der Waals surface area (Å²) in [6.07, 6.45) is 0. The molecule has 0 aliphatic rings.